The molecule has 0 aliphatic heterocycles. The van der Waals surface area contributed by atoms with Crippen LogP contribution in [0.15, 0.2) is 30.3 Å². The smallest absolute Gasteiger partial charge is 0.251 e. The summed E-state index contributed by atoms with van der Waals surface area (Å²) < 4.78 is 4.88. The van der Waals surface area contributed by atoms with E-state index in [1.807, 2.05) is 18.2 Å². The monoisotopic (exact) mass is 193 g/mol. The summed E-state index contributed by atoms with van der Waals surface area (Å²) in [5.74, 6) is -0.0262. The maximum atomic E-state index is 11.5. The first-order valence-electron chi connectivity index (χ1n) is 4.67. The Morgan fingerprint density at radius 1 is 1.36 bits per heavy atom. The largest absolute Gasteiger partial charge is 0.385 e. The van der Waals surface area contributed by atoms with Gasteiger partial charge in [0.1, 0.15) is 0 Å². The first-order valence-corrected chi connectivity index (χ1v) is 4.67. The second-order valence-corrected chi connectivity index (χ2v) is 2.97. The van der Waals surface area contributed by atoms with Crippen LogP contribution in [0.1, 0.15) is 16.8 Å². The molecule has 0 aliphatic rings. The van der Waals surface area contributed by atoms with E-state index < -0.39 is 0 Å². The van der Waals surface area contributed by atoms with E-state index in [1.165, 1.54) is 0 Å². The van der Waals surface area contributed by atoms with Crippen molar-refractivity contribution in [2.24, 2.45) is 0 Å². The second-order valence-electron chi connectivity index (χ2n) is 2.97. The minimum absolute atomic E-state index is 0.0262. The molecule has 1 aromatic carbocycles. The number of rotatable bonds is 5. The van der Waals surface area contributed by atoms with Crippen LogP contribution in [0, 0.1) is 0 Å². The molecule has 3 heteroatoms. The molecule has 1 aromatic rings. The minimum atomic E-state index is -0.0262. The summed E-state index contributed by atoms with van der Waals surface area (Å²) >= 11 is 0. The zero-order valence-corrected chi connectivity index (χ0v) is 8.32. The van der Waals surface area contributed by atoms with Crippen molar-refractivity contribution in [1.82, 2.24) is 5.32 Å². The van der Waals surface area contributed by atoms with Crippen LogP contribution < -0.4 is 5.32 Å². The quantitative estimate of drug-likeness (QED) is 0.719. The Labute approximate surface area is 84.1 Å². The number of carbonyl (C=O) groups is 1. The summed E-state index contributed by atoms with van der Waals surface area (Å²) in [4.78, 5) is 11.5. The molecule has 76 valence electrons. The van der Waals surface area contributed by atoms with Gasteiger partial charge in [-0.1, -0.05) is 18.2 Å². The predicted molar refractivity (Wildman–Crippen MR) is 55.3 cm³/mol. The van der Waals surface area contributed by atoms with Gasteiger partial charge in [0, 0.05) is 25.8 Å². The van der Waals surface area contributed by atoms with Crippen molar-refractivity contribution in [3.63, 3.8) is 0 Å². The highest BCUT2D eigenvalue weighted by Gasteiger charge is 2.01. The lowest BCUT2D eigenvalue weighted by Gasteiger charge is -2.03. The van der Waals surface area contributed by atoms with E-state index in [0.717, 1.165) is 6.42 Å². The molecule has 1 rings (SSSR count). The van der Waals surface area contributed by atoms with Gasteiger partial charge in [-0.2, -0.15) is 0 Å². The first-order chi connectivity index (χ1) is 6.84. The van der Waals surface area contributed by atoms with Gasteiger partial charge in [-0.25, -0.2) is 0 Å². The molecule has 0 bridgehead atoms. The summed E-state index contributed by atoms with van der Waals surface area (Å²) in [6.07, 6.45) is 0.842. The fraction of sp³-hybridized carbons (Fsp3) is 0.364. The van der Waals surface area contributed by atoms with E-state index in [9.17, 15) is 4.79 Å². The molecular weight excluding hydrogens is 178 g/mol. The van der Waals surface area contributed by atoms with E-state index in [2.05, 4.69) is 5.32 Å². The Balaban J connectivity index is 2.29. The normalized spacial score (nSPS) is 9.79. The molecule has 0 fully saturated rings. The molecule has 0 saturated carbocycles. The summed E-state index contributed by atoms with van der Waals surface area (Å²) in [5, 5.41) is 2.81. The highest BCUT2D eigenvalue weighted by atomic mass is 16.5. The first kappa shape index (κ1) is 10.7. The molecule has 1 amide bonds. The Morgan fingerprint density at radius 2 is 2.07 bits per heavy atom. The van der Waals surface area contributed by atoms with Crippen molar-refractivity contribution in [2.75, 3.05) is 20.3 Å². The fourth-order valence-electron chi connectivity index (χ4n) is 1.11. The van der Waals surface area contributed by atoms with E-state index in [1.54, 1.807) is 19.2 Å². The van der Waals surface area contributed by atoms with Crippen molar-refractivity contribution in [3.05, 3.63) is 35.9 Å². The molecule has 0 spiro atoms. The van der Waals surface area contributed by atoms with Crippen LogP contribution in [0.4, 0.5) is 0 Å². The molecule has 0 atom stereocenters. The number of nitrogens with one attached hydrogen (secondary N) is 1. The summed E-state index contributed by atoms with van der Waals surface area (Å²) in [6, 6.07) is 9.19. The van der Waals surface area contributed by atoms with E-state index >= 15 is 0 Å². The molecule has 0 aliphatic carbocycles. The van der Waals surface area contributed by atoms with E-state index in [4.69, 9.17) is 4.74 Å². The highest BCUT2D eigenvalue weighted by molar-refractivity contribution is 5.94. The van der Waals surface area contributed by atoms with Gasteiger partial charge in [0.25, 0.3) is 5.91 Å². The van der Waals surface area contributed by atoms with Gasteiger partial charge >= 0.3 is 0 Å². The van der Waals surface area contributed by atoms with Gasteiger partial charge < -0.3 is 10.1 Å². The van der Waals surface area contributed by atoms with E-state index in [-0.39, 0.29) is 5.91 Å². The van der Waals surface area contributed by atoms with Gasteiger partial charge in [0.15, 0.2) is 0 Å². The topological polar surface area (TPSA) is 38.3 Å². The minimum Gasteiger partial charge on any atom is -0.385 e. The molecule has 0 radical (unpaired) electrons. The van der Waals surface area contributed by atoms with Gasteiger partial charge in [-0.3, -0.25) is 4.79 Å². The number of methoxy groups -OCH3 is 1. The van der Waals surface area contributed by atoms with Crippen LogP contribution in [0.5, 0.6) is 0 Å². The number of carbonyl (C=O) groups excluding carboxylic acids is 1. The zero-order valence-electron chi connectivity index (χ0n) is 8.32. The van der Waals surface area contributed by atoms with Crippen molar-refractivity contribution >= 4 is 5.91 Å². The zero-order chi connectivity index (χ0) is 10.2. The Bertz CT molecular complexity index is 272. The number of hydrogen-bond acceptors (Lipinski definition) is 2. The summed E-state index contributed by atoms with van der Waals surface area (Å²) in [6.45, 7) is 1.33. The molecule has 3 nitrogen and oxygen atoms in total. The summed E-state index contributed by atoms with van der Waals surface area (Å²) in [5.41, 5.74) is 0.699. The fourth-order valence-corrected chi connectivity index (χ4v) is 1.11. The van der Waals surface area contributed by atoms with Crippen LogP contribution in [-0.2, 0) is 4.74 Å². The van der Waals surface area contributed by atoms with Crippen LogP contribution in [0.3, 0.4) is 0 Å². The summed E-state index contributed by atoms with van der Waals surface area (Å²) in [7, 11) is 1.65. The van der Waals surface area contributed by atoms with Crippen LogP contribution in [0.25, 0.3) is 0 Å². The standard InChI is InChI=1S/C11H15NO2/c1-14-9-5-8-12-11(13)10-6-3-2-4-7-10/h2-4,6-7H,5,8-9H2,1H3,(H,12,13). The third kappa shape index (κ3) is 3.58. The van der Waals surface area contributed by atoms with Crippen molar-refractivity contribution in [2.45, 2.75) is 6.42 Å². The Kier molecular flexibility index (Phi) is 4.72. The van der Waals surface area contributed by atoms with Gasteiger partial charge in [0.2, 0.25) is 0 Å². The number of amides is 1. The third-order valence-corrected chi connectivity index (χ3v) is 1.85. The van der Waals surface area contributed by atoms with Gasteiger partial charge in [-0.05, 0) is 18.6 Å². The lowest BCUT2D eigenvalue weighted by Crippen LogP contribution is -2.25. The average Bonchev–Trinajstić information content (AvgIpc) is 2.25. The van der Waals surface area contributed by atoms with Gasteiger partial charge in [0.05, 0.1) is 0 Å². The molecule has 14 heavy (non-hydrogen) atoms. The molecular formula is C11H15NO2. The maximum absolute atomic E-state index is 11.5. The number of benzene rings is 1. The number of ether oxygens (including phenoxy) is 1. The SMILES string of the molecule is COCCCNC(=O)c1ccccc1. The molecule has 0 aromatic heterocycles. The maximum Gasteiger partial charge on any atom is 0.251 e. The molecule has 0 unspecified atom stereocenters. The molecule has 0 heterocycles. The highest BCUT2D eigenvalue weighted by Crippen LogP contribution is 1.97. The van der Waals surface area contributed by atoms with Crippen molar-refractivity contribution < 1.29 is 9.53 Å². The van der Waals surface area contributed by atoms with Crippen molar-refractivity contribution in [1.29, 1.82) is 0 Å². The third-order valence-electron chi connectivity index (χ3n) is 1.85. The lowest BCUT2D eigenvalue weighted by atomic mass is 10.2. The van der Waals surface area contributed by atoms with E-state index in [0.29, 0.717) is 18.7 Å². The predicted octanol–water partition coefficient (Wildman–Crippen LogP) is 1.45. The Hall–Kier alpha value is -1.35. The Morgan fingerprint density at radius 3 is 2.71 bits per heavy atom. The van der Waals surface area contributed by atoms with Crippen LogP contribution >= 0.6 is 0 Å². The molecule has 1 N–H and O–H groups in total. The lowest BCUT2D eigenvalue weighted by molar-refractivity contribution is 0.0948. The average molecular weight is 193 g/mol. The second kappa shape index (κ2) is 6.16. The van der Waals surface area contributed by atoms with Crippen LogP contribution in [-0.4, -0.2) is 26.2 Å². The van der Waals surface area contributed by atoms with Gasteiger partial charge in [-0.15, -0.1) is 0 Å². The molecule has 0 saturated heterocycles. The van der Waals surface area contributed by atoms with Crippen molar-refractivity contribution in [3.8, 4) is 0 Å². The number of hydrogen-bond donors (Lipinski definition) is 1. The van der Waals surface area contributed by atoms with Crippen LogP contribution in [0.2, 0.25) is 0 Å².